The maximum Gasteiger partial charge on any atom is 0.322 e. The van der Waals surface area contributed by atoms with Crippen LogP contribution < -0.4 is 15.4 Å². The third-order valence-corrected chi connectivity index (χ3v) is 6.10. The summed E-state index contributed by atoms with van der Waals surface area (Å²) in [6.07, 6.45) is 2.83. The van der Waals surface area contributed by atoms with Crippen molar-refractivity contribution in [1.82, 2.24) is 14.7 Å². The molecule has 0 aliphatic carbocycles. The number of ether oxygens (including phenoxy) is 1. The third-order valence-electron chi connectivity index (χ3n) is 6.10. The summed E-state index contributed by atoms with van der Waals surface area (Å²) >= 11 is 0. The number of para-hydroxylation sites is 1. The Kier molecular flexibility index (Phi) is 9.33. The number of hydrogen-bond acceptors (Lipinski definition) is 4. The van der Waals surface area contributed by atoms with Crippen molar-refractivity contribution in [2.75, 3.05) is 30.8 Å². The van der Waals surface area contributed by atoms with Crippen LogP contribution >= 0.6 is 0 Å². The standard InChI is InChI=1S/C29H39N5O3/c1-7-8-11-18-33(28(36)30-24-13-10-9-12-21(24)2)20-27(35)31-26-19-25(29(3,4)5)32-34(26)22-14-16-23(37-6)17-15-22/h9-10,12-17,19H,7-8,11,18,20H2,1-6H3,(H,30,36)(H,31,35). The predicted octanol–water partition coefficient (Wildman–Crippen LogP) is 6.15. The fourth-order valence-corrected chi connectivity index (χ4v) is 3.83. The summed E-state index contributed by atoms with van der Waals surface area (Å²) in [6.45, 7) is 10.7. The Morgan fingerprint density at radius 1 is 1.03 bits per heavy atom. The number of hydrogen-bond donors (Lipinski definition) is 2. The molecule has 37 heavy (non-hydrogen) atoms. The van der Waals surface area contributed by atoms with E-state index in [9.17, 15) is 9.59 Å². The van der Waals surface area contributed by atoms with E-state index in [4.69, 9.17) is 9.84 Å². The fourth-order valence-electron chi connectivity index (χ4n) is 3.83. The zero-order chi connectivity index (χ0) is 27.0. The molecule has 198 valence electrons. The van der Waals surface area contributed by atoms with Crippen molar-refractivity contribution in [3.05, 3.63) is 65.9 Å². The predicted molar refractivity (Wildman–Crippen MR) is 149 cm³/mol. The van der Waals surface area contributed by atoms with Gasteiger partial charge >= 0.3 is 6.03 Å². The lowest BCUT2D eigenvalue weighted by atomic mass is 9.92. The maximum absolute atomic E-state index is 13.2. The molecule has 0 saturated heterocycles. The van der Waals surface area contributed by atoms with Crippen LogP contribution in [0.5, 0.6) is 5.75 Å². The van der Waals surface area contributed by atoms with E-state index >= 15 is 0 Å². The Hall–Kier alpha value is -3.81. The highest BCUT2D eigenvalue weighted by atomic mass is 16.5. The molecule has 8 nitrogen and oxygen atoms in total. The minimum absolute atomic E-state index is 0.0694. The van der Waals surface area contributed by atoms with E-state index in [-0.39, 0.29) is 23.9 Å². The number of aromatic nitrogens is 2. The van der Waals surface area contributed by atoms with Gasteiger partial charge in [-0.15, -0.1) is 0 Å². The summed E-state index contributed by atoms with van der Waals surface area (Å²) in [4.78, 5) is 27.9. The van der Waals surface area contributed by atoms with Crippen molar-refractivity contribution in [1.29, 1.82) is 0 Å². The zero-order valence-corrected chi connectivity index (χ0v) is 22.8. The first-order chi connectivity index (χ1) is 17.6. The lowest BCUT2D eigenvalue weighted by Crippen LogP contribution is -2.41. The van der Waals surface area contributed by atoms with Crippen LogP contribution in [0.15, 0.2) is 54.6 Å². The van der Waals surface area contributed by atoms with Crippen molar-refractivity contribution in [3.8, 4) is 11.4 Å². The third kappa shape index (κ3) is 7.59. The van der Waals surface area contributed by atoms with Gasteiger partial charge in [-0.3, -0.25) is 4.79 Å². The summed E-state index contributed by atoms with van der Waals surface area (Å²) in [5.74, 6) is 0.999. The van der Waals surface area contributed by atoms with Crippen LogP contribution in [0.4, 0.5) is 16.3 Å². The minimum Gasteiger partial charge on any atom is -0.497 e. The molecule has 3 rings (SSSR count). The van der Waals surface area contributed by atoms with E-state index < -0.39 is 0 Å². The van der Waals surface area contributed by atoms with Crippen LogP contribution in [0.1, 0.15) is 58.2 Å². The summed E-state index contributed by atoms with van der Waals surface area (Å²) in [5.41, 5.74) is 3.13. The topological polar surface area (TPSA) is 88.5 Å². The first-order valence-corrected chi connectivity index (χ1v) is 12.8. The van der Waals surface area contributed by atoms with Crippen molar-refractivity contribution in [2.45, 2.75) is 59.3 Å². The van der Waals surface area contributed by atoms with Crippen LogP contribution in [-0.4, -0.2) is 46.8 Å². The van der Waals surface area contributed by atoms with Gasteiger partial charge in [0.05, 0.1) is 18.5 Å². The van der Waals surface area contributed by atoms with Gasteiger partial charge in [0.2, 0.25) is 5.91 Å². The summed E-state index contributed by atoms with van der Waals surface area (Å²) in [7, 11) is 1.62. The van der Waals surface area contributed by atoms with Gasteiger partial charge in [-0.25, -0.2) is 9.48 Å². The molecule has 1 heterocycles. The zero-order valence-electron chi connectivity index (χ0n) is 22.8. The Morgan fingerprint density at radius 2 is 1.73 bits per heavy atom. The average molecular weight is 506 g/mol. The van der Waals surface area contributed by atoms with Crippen LogP contribution in [-0.2, 0) is 10.2 Å². The molecular weight excluding hydrogens is 466 g/mol. The van der Waals surface area contributed by atoms with Crippen molar-refractivity contribution in [3.63, 3.8) is 0 Å². The van der Waals surface area contributed by atoms with E-state index in [0.717, 1.165) is 47.6 Å². The number of urea groups is 1. The number of unbranched alkanes of at least 4 members (excludes halogenated alkanes) is 2. The van der Waals surface area contributed by atoms with Gasteiger partial charge in [-0.2, -0.15) is 5.10 Å². The number of benzene rings is 2. The number of carbonyl (C=O) groups is 2. The highest BCUT2D eigenvalue weighted by Crippen LogP contribution is 2.27. The Bertz CT molecular complexity index is 1190. The Balaban J connectivity index is 1.81. The average Bonchev–Trinajstić information content (AvgIpc) is 3.29. The van der Waals surface area contributed by atoms with E-state index in [0.29, 0.717) is 12.4 Å². The maximum atomic E-state index is 13.2. The van der Waals surface area contributed by atoms with Gasteiger partial charge in [0.25, 0.3) is 0 Å². The number of rotatable bonds is 10. The van der Waals surface area contributed by atoms with Gasteiger partial charge in [-0.1, -0.05) is 58.7 Å². The largest absolute Gasteiger partial charge is 0.497 e. The molecule has 2 N–H and O–H groups in total. The first kappa shape index (κ1) is 27.8. The Morgan fingerprint density at radius 3 is 2.35 bits per heavy atom. The molecule has 1 aromatic heterocycles. The first-order valence-electron chi connectivity index (χ1n) is 12.8. The summed E-state index contributed by atoms with van der Waals surface area (Å²) in [5, 5.41) is 10.7. The number of anilines is 2. The number of nitrogens with one attached hydrogen (secondary N) is 2. The highest BCUT2D eigenvalue weighted by Gasteiger charge is 2.23. The van der Waals surface area contributed by atoms with Gasteiger partial charge < -0.3 is 20.3 Å². The monoisotopic (exact) mass is 505 g/mol. The number of carbonyl (C=O) groups excluding carboxylic acids is 2. The van der Waals surface area contributed by atoms with Crippen molar-refractivity contribution < 1.29 is 14.3 Å². The minimum atomic E-state index is -0.292. The Labute approximate surface area is 220 Å². The number of methoxy groups -OCH3 is 1. The van der Waals surface area contributed by atoms with Crippen LogP contribution in [0.25, 0.3) is 5.69 Å². The van der Waals surface area contributed by atoms with Crippen molar-refractivity contribution >= 4 is 23.4 Å². The van der Waals surface area contributed by atoms with Crippen molar-refractivity contribution in [2.24, 2.45) is 0 Å². The van der Waals surface area contributed by atoms with Gasteiger partial charge in [0, 0.05) is 23.7 Å². The number of nitrogens with zero attached hydrogens (tertiary/aromatic N) is 3. The molecule has 0 aliphatic heterocycles. The normalized spacial score (nSPS) is 11.2. The van der Waals surface area contributed by atoms with E-state index in [2.05, 4.69) is 38.3 Å². The molecule has 2 aromatic carbocycles. The smallest absolute Gasteiger partial charge is 0.322 e. The van der Waals surface area contributed by atoms with Crippen LogP contribution in [0.3, 0.4) is 0 Å². The SMILES string of the molecule is CCCCCN(CC(=O)Nc1cc(C(C)(C)C)nn1-c1ccc(OC)cc1)C(=O)Nc1ccccc1C. The molecule has 0 fully saturated rings. The molecule has 0 saturated carbocycles. The molecule has 3 amide bonds. The summed E-state index contributed by atoms with van der Waals surface area (Å²) < 4.78 is 6.99. The molecule has 0 radical (unpaired) electrons. The quantitative estimate of drug-likeness (QED) is 0.324. The van der Waals surface area contributed by atoms with E-state index in [1.165, 1.54) is 0 Å². The van der Waals surface area contributed by atoms with Gasteiger partial charge in [0.1, 0.15) is 18.1 Å². The summed E-state index contributed by atoms with van der Waals surface area (Å²) in [6, 6.07) is 16.7. The molecular formula is C29H39N5O3. The second-order valence-electron chi connectivity index (χ2n) is 10.2. The lowest BCUT2D eigenvalue weighted by molar-refractivity contribution is -0.116. The highest BCUT2D eigenvalue weighted by molar-refractivity contribution is 5.97. The number of amides is 3. The lowest BCUT2D eigenvalue weighted by Gasteiger charge is -2.23. The van der Waals surface area contributed by atoms with Gasteiger partial charge in [0.15, 0.2) is 0 Å². The molecule has 0 unspecified atom stereocenters. The van der Waals surface area contributed by atoms with Crippen LogP contribution in [0, 0.1) is 6.92 Å². The van der Waals surface area contributed by atoms with Gasteiger partial charge in [-0.05, 0) is 49.2 Å². The molecule has 0 aliphatic rings. The molecule has 0 bridgehead atoms. The van der Waals surface area contributed by atoms with E-state index in [1.54, 1.807) is 16.7 Å². The van der Waals surface area contributed by atoms with Crippen LogP contribution in [0.2, 0.25) is 0 Å². The fraction of sp³-hybridized carbons (Fsp3) is 0.414. The number of aryl methyl sites for hydroxylation is 1. The second kappa shape index (κ2) is 12.4. The molecule has 8 heteroatoms. The molecule has 3 aromatic rings. The second-order valence-corrected chi connectivity index (χ2v) is 10.2. The molecule has 0 atom stereocenters. The van der Waals surface area contributed by atoms with E-state index in [1.807, 2.05) is 61.5 Å². The molecule has 0 spiro atoms.